The Labute approximate surface area is 131 Å². The lowest BCUT2D eigenvalue weighted by Gasteiger charge is -2.27. The van der Waals surface area contributed by atoms with Crippen LogP contribution in [0.2, 0.25) is 0 Å². The van der Waals surface area contributed by atoms with Gasteiger partial charge >= 0.3 is 0 Å². The number of aliphatic hydroxyl groups is 2. The lowest BCUT2D eigenvalue weighted by Crippen LogP contribution is -2.52. The van der Waals surface area contributed by atoms with Crippen molar-refractivity contribution in [3.8, 4) is 0 Å². The zero-order valence-corrected chi connectivity index (χ0v) is 13.8. The quantitative estimate of drug-likeness (QED) is 0.351. The highest BCUT2D eigenvalue weighted by Crippen LogP contribution is 2.52. The zero-order valence-electron chi connectivity index (χ0n) is 13.8. The van der Waals surface area contributed by atoms with Crippen LogP contribution in [0.3, 0.4) is 0 Å². The van der Waals surface area contributed by atoms with E-state index in [-0.39, 0.29) is 12.3 Å². The Morgan fingerprint density at radius 2 is 2.05 bits per heavy atom. The molecular formula is C16H27NO5. The van der Waals surface area contributed by atoms with Gasteiger partial charge in [0.2, 0.25) is 11.4 Å². The summed E-state index contributed by atoms with van der Waals surface area (Å²) in [7, 11) is 0. The zero-order chi connectivity index (χ0) is 16.8. The maximum atomic E-state index is 12.7. The standard InChI is InChI=1S/C16H27NO5/c1-5-6-7-8-9-14(4,20)11(18)15-12(22-15)16(21,10(2)3)17-13(15)19/h10,12,20-21H,5-9H2,1-4H3,(H,17,19). The van der Waals surface area contributed by atoms with Gasteiger partial charge in [-0.1, -0.05) is 46.5 Å². The van der Waals surface area contributed by atoms with Crippen molar-refractivity contribution in [2.45, 2.75) is 82.8 Å². The minimum atomic E-state index is -1.72. The van der Waals surface area contributed by atoms with E-state index in [1.807, 2.05) is 0 Å². The summed E-state index contributed by atoms with van der Waals surface area (Å²) in [5.41, 5.74) is -4.89. The van der Waals surface area contributed by atoms with E-state index < -0.39 is 34.7 Å². The molecule has 4 atom stereocenters. The molecule has 0 radical (unpaired) electrons. The van der Waals surface area contributed by atoms with Crippen LogP contribution in [0, 0.1) is 5.92 Å². The molecule has 6 heteroatoms. The Morgan fingerprint density at radius 1 is 1.41 bits per heavy atom. The number of carbonyl (C=O) groups is 2. The van der Waals surface area contributed by atoms with Gasteiger partial charge in [0.05, 0.1) is 0 Å². The molecule has 0 aromatic heterocycles. The molecule has 126 valence electrons. The average Bonchev–Trinajstić information content (AvgIpc) is 3.15. The van der Waals surface area contributed by atoms with Crippen molar-refractivity contribution in [3.63, 3.8) is 0 Å². The molecule has 2 aliphatic heterocycles. The number of morpholine rings is 1. The maximum absolute atomic E-state index is 12.7. The summed E-state index contributed by atoms with van der Waals surface area (Å²) in [5.74, 6) is -1.59. The lowest BCUT2D eigenvalue weighted by atomic mass is 9.82. The molecule has 3 N–H and O–H groups in total. The predicted octanol–water partition coefficient (Wildman–Crippen LogP) is 0.889. The molecule has 2 heterocycles. The highest BCUT2D eigenvalue weighted by atomic mass is 16.6. The molecule has 0 aromatic carbocycles. The van der Waals surface area contributed by atoms with Gasteiger partial charge in [0.1, 0.15) is 5.60 Å². The second kappa shape index (κ2) is 5.58. The van der Waals surface area contributed by atoms with E-state index in [2.05, 4.69) is 12.2 Å². The van der Waals surface area contributed by atoms with Crippen LogP contribution >= 0.6 is 0 Å². The molecule has 22 heavy (non-hydrogen) atoms. The fourth-order valence-electron chi connectivity index (χ4n) is 3.20. The number of hydrogen-bond acceptors (Lipinski definition) is 5. The first-order valence-electron chi connectivity index (χ1n) is 8.13. The third-order valence-corrected chi connectivity index (χ3v) is 4.89. The van der Waals surface area contributed by atoms with Crippen LogP contribution in [0.5, 0.6) is 0 Å². The summed E-state index contributed by atoms with van der Waals surface area (Å²) in [5, 5.41) is 23.4. The van der Waals surface area contributed by atoms with Crippen LogP contribution in [-0.2, 0) is 14.3 Å². The van der Waals surface area contributed by atoms with Crippen molar-refractivity contribution in [1.29, 1.82) is 0 Å². The fraction of sp³-hybridized carbons (Fsp3) is 0.875. The first-order chi connectivity index (χ1) is 10.1. The number of hydrogen-bond donors (Lipinski definition) is 3. The van der Waals surface area contributed by atoms with Crippen molar-refractivity contribution < 1.29 is 24.5 Å². The smallest absolute Gasteiger partial charge is 0.265 e. The van der Waals surface area contributed by atoms with Crippen LogP contribution in [0.25, 0.3) is 0 Å². The third-order valence-electron chi connectivity index (χ3n) is 4.89. The van der Waals surface area contributed by atoms with E-state index in [9.17, 15) is 19.8 Å². The number of Topliss-reactive ketones (excluding diaryl/α,β-unsaturated/α-hetero) is 1. The minimum absolute atomic E-state index is 0.289. The third kappa shape index (κ3) is 2.47. The highest BCUT2D eigenvalue weighted by molar-refractivity contribution is 6.18. The predicted molar refractivity (Wildman–Crippen MR) is 79.9 cm³/mol. The molecule has 0 spiro atoms. The topological polar surface area (TPSA) is 99.2 Å². The summed E-state index contributed by atoms with van der Waals surface area (Å²) in [6.07, 6.45) is 3.12. The van der Waals surface area contributed by atoms with Gasteiger partial charge < -0.3 is 20.3 Å². The summed E-state index contributed by atoms with van der Waals surface area (Å²) in [4.78, 5) is 24.9. The molecule has 2 saturated heterocycles. The maximum Gasteiger partial charge on any atom is 0.265 e. The minimum Gasteiger partial charge on any atom is -0.382 e. The number of fused-ring (bicyclic) bond motifs is 1. The van der Waals surface area contributed by atoms with Gasteiger partial charge in [-0.15, -0.1) is 0 Å². The van der Waals surface area contributed by atoms with Crippen LogP contribution in [0.15, 0.2) is 0 Å². The molecular weight excluding hydrogens is 286 g/mol. The van der Waals surface area contributed by atoms with Gasteiger partial charge in [-0.3, -0.25) is 9.59 Å². The molecule has 2 aliphatic rings. The first-order valence-corrected chi connectivity index (χ1v) is 8.13. The fourth-order valence-corrected chi connectivity index (χ4v) is 3.20. The number of nitrogens with one attached hydrogen (secondary N) is 1. The summed E-state index contributed by atoms with van der Waals surface area (Å²) >= 11 is 0. The number of ether oxygens (including phenoxy) is 1. The molecule has 0 bridgehead atoms. The van der Waals surface area contributed by atoms with Gasteiger partial charge in [0.15, 0.2) is 11.8 Å². The average molecular weight is 313 g/mol. The SMILES string of the molecule is CCCCCCC(C)(O)C(=O)C12OC1C(O)(C(C)C)NC2=O. The number of rotatable bonds is 8. The van der Waals surface area contributed by atoms with Crippen molar-refractivity contribution in [1.82, 2.24) is 5.32 Å². The van der Waals surface area contributed by atoms with E-state index >= 15 is 0 Å². The molecule has 0 saturated carbocycles. The van der Waals surface area contributed by atoms with E-state index in [1.54, 1.807) is 13.8 Å². The van der Waals surface area contributed by atoms with E-state index in [4.69, 9.17) is 4.74 Å². The monoisotopic (exact) mass is 313 g/mol. The van der Waals surface area contributed by atoms with Crippen molar-refractivity contribution >= 4 is 11.7 Å². The van der Waals surface area contributed by atoms with Gasteiger partial charge in [-0.25, -0.2) is 0 Å². The van der Waals surface area contributed by atoms with Gasteiger partial charge in [0.25, 0.3) is 5.91 Å². The van der Waals surface area contributed by atoms with Gasteiger partial charge in [-0.2, -0.15) is 0 Å². The Balaban J connectivity index is 2.09. The summed E-state index contributed by atoms with van der Waals surface area (Å²) < 4.78 is 5.33. The lowest BCUT2D eigenvalue weighted by molar-refractivity contribution is -0.150. The molecule has 6 nitrogen and oxygen atoms in total. The Morgan fingerprint density at radius 3 is 2.50 bits per heavy atom. The van der Waals surface area contributed by atoms with Gasteiger partial charge in [-0.05, 0) is 13.3 Å². The van der Waals surface area contributed by atoms with E-state index in [0.717, 1.165) is 19.3 Å². The first kappa shape index (κ1) is 17.4. The van der Waals surface area contributed by atoms with Crippen molar-refractivity contribution in [2.75, 3.05) is 0 Å². The van der Waals surface area contributed by atoms with E-state index in [0.29, 0.717) is 6.42 Å². The van der Waals surface area contributed by atoms with Crippen LogP contribution in [0.4, 0.5) is 0 Å². The van der Waals surface area contributed by atoms with Crippen LogP contribution in [-0.4, -0.2) is 44.9 Å². The largest absolute Gasteiger partial charge is 0.382 e. The molecule has 0 aromatic rings. The number of epoxide rings is 1. The number of amides is 1. The highest BCUT2D eigenvalue weighted by Gasteiger charge is 2.82. The van der Waals surface area contributed by atoms with Crippen molar-refractivity contribution in [3.05, 3.63) is 0 Å². The molecule has 2 rings (SSSR count). The van der Waals surface area contributed by atoms with Crippen molar-refractivity contribution in [2.24, 2.45) is 5.92 Å². The van der Waals surface area contributed by atoms with Crippen LogP contribution < -0.4 is 5.32 Å². The molecule has 1 amide bonds. The number of carbonyl (C=O) groups excluding carboxylic acids is 2. The Hall–Kier alpha value is -0.980. The molecule has 4 unspecified atom stereocenters. The molecule has 0 aliphatic carbocycles. The Bertz CT molecular complexity index is 475. The second-order valence-corrected chi connectivity index (χ2v) is 7.08. The van der Waals surface area contributed by atoms with Crippen LogP contribution in [0.1, 0.15) is 59.8 Å². The van der Waals surface area contributed by atoms with Gasteiger partial charge in [0, 0.05) is 5.92 Å². The number of ketones is 1. The summed E-state index contributed by atoms with van der Waals surface area (Å²) in [6, 6.07) is 0. The summed E-state index contributed by atoms with van der Waals surface area (Å²) in [6.45, 7) is 6.99. The second-order valence-electron chi connectivity index (χ2n) is 7.08. The Kier molecular flexibility index (Phi) is 4.41. The normalized spacial score (nSPS) is 36.0. The van der Waals surface area contributed by atoms with E-state index in [1.165, 1.54) is 6.92 Å². The number of unbranched alkanes of at least 4 members (excludes halogenated alkanes) is 3. The molecule has 2 fully saturated rings.